The van der Waals surface area contributed by atoms with Gasteiger partial charge in [-0.15, -0.1) is 0 Å². The van der Waals surface area contributed by atoms with E-state index in [2.05, 4.69) is 41.5 Å². The molecule has 5 heteroatoms. The third-order valence-electron chi connectivity index (χ3n) is 5.05. The smallest absolute Gasteiger partial charge is 0.333 e. The molecule has 0 spiro atoms. The highest BCUT2D eigenvalue weighted by Crippen LogP contribution is 2.46. The van der Waals surface area contributed by atoms with Crippen LogP contribution >= 0.6 is 11.8 Å². The fourth-order valence-corrected chi connectivity index (χ4v) is 4.23. The second-order valence-corrected chi connectivity index (χ2v) is 12.7. The molecule has 0 aliphatic carbocycles. The summed E-state index contributed by atoms with van der Waals surface area (Å²) in [5.41, 5.74) is 0.802. The first-order chi connectivity index (χ1) is 12.8. The highest BCUT2D eigenvalue weighted by Gasteiger charge is 2.39. The van der Waals surface area contributed by atoms with Crippen LogP contribution < -0.4 is 0 Å². The van der Waals surface area contributed by atoms with Crippen molar-refractivity contribution in [3.63, 3.8) is 0 Å². The molecular formula is C24H40O4S. The predicted octanol–water partition coefficient (Wildman–Crippen LogP) is 6.72. The first-order valence-electron chi connectivity index (χ1n) is 10.3. The van der Waals surface area contributed by atoms with E-state index in [1.54, 1.807) is 0 Å². The Hall–Kier alpha value is -1.20. The summed E-state index contributed by atoms with van der Waals surface area (Å²) >= 11 is 1.53. The molecule has 0 aliphatic rings. The monoisotopic (exact) mass is 424 g/mol. The molecule has 1 rings (SSSR count). The van der Waals surface area contributed by atoms with Gasteiger partial charge in [-0.3, -0.25) is 0 Å². The number of carboxylic acid groups (broad SMARTS) is 1. The Morgan fingerprint density at radius 3 is 1.66 bits per heavy atom. The molecule has 29 heavy (non-hydrogen) atoms. The number of ether oxygens (including phenoxy) is 1. The van der Waals surface area contributed by atoms with Crippen LogP contribution in [-0.2, 0) is 20.4 Å². The Labute approximate surface area is 181 Å². The highest BCUT2D eigenvalue weighted by atomic mass is 32.2. The summed E-state index contributed by atoms with van der Waals surface area (Å²) in [7, 11) is 0. The van der Waals surface area contributed by atoms with Crippen LogP contribution in [0.4, 0.5) is 0 Å². The number of phenolic OH excluding ortho intramolecular Hbond substituents is 1. The number of phenols is 1. The minimum absolute atomic E-state index is 0.223. The van der Waals surface area contributed by atoms with Crippen molar-refractivity contribution in [1.82, 2.24) is 0 Å². The molecule has 0 heterocycles. The summed E-state index contributed by atoms with van der Waals surface area (Å²) in [5, 5.41) is 20.7. The second kappa shape index (κ2) is 8.50. The number of aromatic hydroxyl groups is 1. The standard InChI is InChI=1S/C24H40O4S/c1-12-24(11,28-19(20(26)27)23(8,9)10)29-15-13-16(21(2,3)4)18(25)17(14-15)22(5,6)7/h13-14,19,25H,12H2,1-11H3,(H,26,27). The van der Waals surface area contributed by atoms with E-state index in [-0.39, 0.29) is 10.8 Å². The fraction of sp³-hybridized carbons (Fsp3) is 0.708. The van der Waals surface area contributed by atoms with E-state index >= 15 is 0 Å². The van der Waals surface area contributed by atoms with Gasteiger partial charge in [-0.2, -0.15) is 0 Å². The number of aliphatic carboxylic acids is 1. The average Bonchev–Trinajstić information content (AvgIpc) is 2.50. The normalized spacial score (nSPS) is 16.4. The van der Waals surface area contributed by atoms with Crippen LogP contribution in [0.5, 0.6) is 5.75 Å². The number of rotatable bonds is 6. The summed E-state index contributed by atoms with van der Waals surface area (Å²) in [5.74, 6) is -0.610. The van der Waals surface area contributed by atoms with Gasteiger partial charge in [0.05, 0.1) is 0 Å². The lowest BCUT2D eigenvalue weighted by molar-refractivity contribution is -0.166. The molecule has 2 atom stereocenters. The Morgan fingerprint density at radius 2 is 1.38 bits per heavy atom. The van der Waals surface area contributed by atoms with E-state index in [9.17, 15) is 15.0 Å². The molecule has 0 saturated carbocycles. The Kier molecular flexibility index (Phi) is 7.58. The summed E-state index contributed by atoms with van der Waals surface area (Å²) in [6.45, 7) is 22.1. The number of thioether (sulfide) groups is 1. The van der Waals surface area contributed by atoms with Crippen LogP contribution in [0.1, 0.15) is 93.7 Å². The number of hydrogen-bond donors (Lipinski definition) is 2. The van der Waals surface area contributed by atoms with Gasteiger partial charge in [0.2, 0.25) is 0 Å². The molecule has 166 valence electrons. The summed E-state index contributed by atoms with van der Waals surface area (Å²) in [6.07, 6.45) is -0.269. The lowest BCUT2D eigenvalue weighted by Crippen LogP contribution is -2.43. The number of benzene rings is 1. The average molecular weight is 425 g/mol. The van der Waals surface area contributed by atoms with Crippen LogP contribution in [0.3, 0.4) is 0 Å². The SMILES string of the molecule is CCC(C)(OC(C(=O)O)C(C)(C)C)Sc1cc(C(C)(C)C)c(O)c(C(C)(C)C)c1. The van der Waals surface area contributed by atoms with E-state index < -0.39 is 22.4 Å². The molecule has 1 aromatic carbocycles. The summed E-state index contributed by atoms with van der Waals surface area (Å²) in [4.78, 5) is 12.1. The number of hydrogen-bond acceptors (Lipinski definition) is 4. The maximum Gasteiger partial charge on any atom is 0.333 e. The van der Waals surface area contributed by atoms with Crippen molar-refractivity contribution in [2.24, 2.45) is 5.41 Å². The minimum atomic E-state index is -0.950. The Balaban J connectivity index is 3.47. The second-order valence-electron chi connectivity index (χ2n) is 11.2. The molecule has 0 amide bonds. The zero-order chi connectivity index (χ0) is 23.0. The number of carbonyl (C=O) groups is 1. The van der Waals surface area contributed by atoms with E-state index in [1.807, 2.05) is 46.8 Å². The lowest BCUT2D eigenvalue weighted by Gasteiger charge is -2.37. The van der Waals surface area contributed by atoms with Crippen molar-refractivity contribution in [1.29, 1.82) is 0 Å². The van der Waals surface area contributed by atoms with Crippen LogP contribution in [0.2, 0.25) is 0 Å². The Morgan fingerprint density at radius 1 is 0.966 bits per heavy atom. The van der Waals surface area contributed by atoms with Gasteiger partial charge in [0.25, 0.3) is 0 Å². The zero-order valence-corrected chi connectivity index (χ0v) is 20.9. The first-order valence-corrected chi connectivity index (χ1v) is 11.1. The molecule has 0 aromatic heterocycles. The van der Waals surface area contributed by atoms with Gasteiger partial charge in [-0.1, -0.05) is 81.0 Å². The van der Waals surface area contributed by atoms with Crippen LogP contribution in [0.15, 0.2) is 17.0 Å². The van der Waals surface area contributed by atoms with Gasteiger partial charge < -0.3 is 14.9 Å². The predicted molar refractivity (Wildman–Crippen MR) is 122 cm³/mol. The van der Waals surface area contributed by atoms with Crippen molar-refractivity contribution in [3.05, 3.63) is 23.3 Å². The van der Waals surface area contributed by atoms with Gasteiger partial charge in [0.15, 0.2) is 6.10 Å². The first kappa shape index (κ1) is 25.8. The Bertz CT molecular complexity index is 700. The van der Waals surface area contributed by atoms with Gasteiger partial charge >= 0.3 is 5.97 Å². The molecule has 0 aliphatic heterocycles. The van der Waals surface area contributed by atoms with Crippen molar-refractivity contribution < 1.29 is 19.7 Å². The van der Waals surface area contributed by atoms with Crippen molar-refractivity contribution in [2.75, 3.05) is 0 Å². The van der Waals surface area contributed by atoms with Gasteiger partial charge in [0.1, 0.15) is 10.7 Å². The number of carboxylic acids is 1. The molecule has 1 aromatic rings. The fourth-order valence-electron chi connectivity index (χ4n) is 3.09. The van der Waals surface area contributed by atoms with Crippen molar-refractivity contribution in [3.8, 4) is 5.75 Å². The van der Waals surface area contributed by atoms with Gasteiger partial charge in [-0.05, 0) is 41.7 Å². The van der Waals surface area contributed by atoms with E-state index in [1.165, 1.54) is 11.8 Å². The van der Waals surface area contributed by atoms with Crippen LogP contribution in [0, 0.1) is 5.41 Å². The molecular weight excluding hydrogens is 384 g/mol. The zero-order valence-electron chi connectivity index (χ0n) is 20.1. The van der Waals surface area contributed by atoms with Crippen molar-refractivity contribution in [2.45, 2.75) is 109 Å². The quantitative estimate of drug-likeness (QED) is 0.392. The maximum absolute atomic E-state index is 11.8. The highest BCUT2D eigenvalue weighted by molar-refractivity contribution is 8.00. The molecule has 0 radical (unpaired) electrons. The van der Waals surface area contributed by atoms with E-state index in [0.29, 0.717) is 12.2 Å². The topological polar surface area (TPSA) is 66.8 Å². The van der Waals surface area contributed by atoms with Crippen LogP contribution in [0.25, 0.3) is 0 Å². The minimum Gasteiger partial charge on any atom is -0.507 e. The van der Waals surface area contributed by atoms with Gasteiger partial charge in [-0.25, -0.2) is 4.79 Å². The van der Waals surface area contributed by atoms with E-state index in [4.69, 9.17) is 4.74 Å². The third-order valence-corrected chi connectivity index (χ3v) is 6.34. The molecule has 0 bridgehead atoms. The molecule has 0 fully saturated rings. The maximum atomic E-state index is 11.8. The molecule has 0 saturated heterocycles. The third kappa shape index (κ3) is 6.65. The summed E-state index contributed by atoms with van der Waals surface area (Å²) in [6, 6.07) is 4.03. The van der Waals surface area contributed by atoms with Crippen molar-refractivity contribution >= 4 is 17.7 Å². The van der Waals surface area contributed by atoms with Crippen LogP contribution in [-0.4, -0.2) is 27.2 Å². The van der Waals surface area contributed by atoms with Gasteiger partial charge in [0, 0.05) is 16.0 Å². The molecule has 2 N–H and O–H groups in total. The van der Waals surface area contributed by atoms with E-state index in [0.717, 1.165) is 16.0 Å². The largest absolute Gasteiger partial charge is 0.507 e. The summed E-state index contributed by atoms with van der Waals surface area (Å²) < 4.78 is 6.20. The molecule has 2 unspecified atom stereocenters. The molecule has 4 nitrogen and oxygen atoms in total. The lowest BCUT2D eigenvalue weighted by atomic mass is 9.79.